The Kier molecular flexibility index (Phi) is 3.14. The molecule has 1 aromatic carbocycles. The van der Waals surface area contributed by atoms with Crippen molar-refractivity contribution in [2.75, 3.05) is 5.32 Å². The van der Waals surface area contributed by atoms with E-state index in [9.17, 15) is 0 Å². The molecule has 2 heterocycles. The predicted molar refractivity (Wildman–Crippen MR) is 76.4 cm³/mol. The Labute approximate surface area is 116 Å². The average molecular weight is 271 g/mol. The quantitative estimate of drug-likeness (QED) is 0.790. The highest BCUT2D eigenvalue weighted by atomic mass is 16.5. The lowest BCUT2D eigenvalue weighted by Gasteiger charge is -1.98. The third-order valence-electron chi connectivity index (χ3n) is 3.17. The van der Waals surface area contributed by atoms with Gasteiger partial charge < -0.3 is 9.84 Å². The molecule has 6 heteroatoms. The number of nitrogens with one attached hydrogen (secondary N) is 1. The van der Waals surface area contributed by atoms with Crippen LogP contribution in [-0.4, -0.2) is 19.9 Å². The highest BCUT2D eigenvalue weighted by Crippen LogP contribution is 2.22. The van der Waals surface area contributed by atoms with Crippen LogP contribution in [0.15, 0.2) is 28.8 Å². The lowest BCUT2D eigenvalue weighted by Crippen LogP contribution is -2.02. The smallest absolute Gasteiger partial charge is 0.245 e. The minimum atomic E-state index is 0.267. The predicted octanol–water partition coefficient (Wildman–Crippen LogP) is 2.69. The number of para-hydroxylation sites is 1. The first-order valence-electron chi connectivity index (χ1n) is 6.63. The SMILES string of the molecule is CC(C)c1noc(CNc2nn(C)c3ccccc23)n1. The van der Waals surface area contributed by atoms with Gasteiger partial charge in [-0.15, -0.1) is 0 Å². The molecule has 0 unspecified atom stereocenters. The van der Waals surface area contributed by atoms with E-state index in [2.05, 4.69) is 20.6 Å². The zero-order valence-corrected chi connectivity index (χ0v) is 11.8. The molecule has 3 rings (SSSR count). The Balaban J connectivity index is 1.79. The van der Waals surface area contributed by atoms with Crippen molar-refractivity contribution >= 4 is 16.7 Å². The molecule has 0 aliphatic carbocycles. The van der Waals surface area contributed by atoms with Gasteiger partial charge in [-0.2, -0.15) is 10.1 Å². The second-order valence-corrected chi connectivity index (χ2v) is 5.04. The third kappa shape index (κ3) is 2.24. The summed E-state index contributed by atoms with van der Waals surface area (Å²) in [5, 5.41) is 12.7. The number of anilines is 1. The minimum Gasteiger partial charge on any atom is -0.359 e. The van der Waals surface area contributed by atoms with Gasteiger partial charge in [-0.05, 0) is 12.1 Å². The Bertz CT molecular complexity index is 728. The van der Waals surface area contributed by atoms with Crippen LogP contribution in [0.4, 0.5) is 5.82 Å². The molecule has 0 fully saturated rings. The van der Waals surface area contributed by atoms with E-state index in [0.29, 0.717) is 12.4 Å². The Morgan fingerprint density at radius 2 is 2.10 bits per heavy atom. The van der Waals surface area contributed by atoms with Crippen LogP contribution in [0.2, 0.25) is 0 Å². The van der Waals surface area contributed by atoms with Gasteiger partial charge in [0.15, 0.2) is 11.6 Å². The first kappa shape index (κ1) is 12.7. The van der Waals surface area contributed by atoms with Crippen LogP contribution in [0.5, 0.6) is 0 Å². The summed E-state index contributed by atoms with van der Waals surface area (Å²) in [5.41, 5.74) is 1.09. The van der Waals surface area contributed by atoms with Gasteiger partial charge in [0.25, 0.3) is 0 Å². The van der Waals surface area contributed by atoms with Crippen molar-refractivity contribution in [2.24, 2.45) is 7.05 Å². The number of rotatable bonds is 4. The molecule has 0 atom stereocenters. The van der Waals surface area contributed by atoms with Crippen molar-refractivity contribution in [3.8, 4) is 0 Å². The van der Waals surface area contributed by atoms with E-state index in [0.717, 1.165) is 22.5 Å². The Hall–Kier alpha value is -2.37. The molecule has 0 amide bonds. The van der Waals surface area contributed by atoms with Crippen LogP contribution in [-0.2, 0) is 13.6 Å². The van der Waals surface area contributed by atoms with E-state index in [4.69, 9.17) is 4.52 Å². The number of benzene rings is 1. The number of hydrogen-bond acceptors (Lipinski definition) is 5. The van der Waals surface area contributed by atoms with Gasteiger partial charge in [0.2, 0.25) is 5.89 Å². The molecule has 0 saturated heterocycles. The van der Waals surface area contributed by atoms with Gasteiger partial charge in [-0.1, -0.05) is 31.1 Å². The van der Waals surface area contributed by atoms with Gasteiger partial charge in [-0.25, -0.2) is 0 Å². The lowest BCUT2D eigenvalue weighted by molar-refractivity contribution is 0.376. The summed E-state index contributed by atoms with van der Waals surface area (Å²) in [7, 11) is 1.93. The Morgan fingerprint density at radius 1 is 1.30 bits per heavy atom. The molecule has 3 aromatic rings. The molecule has 0 bridgehead atoms. The number of hydrogen-bond donors (Lipinski definition) is 1. The molecule has 20 heavy (non-hydrogen) atoms. The maximum atomic E-state index is 5.21. The molecule has 1 N–H and O–H groups in total. The highest BCUT2D eigenvalue weighted by molar-refractivity contribution is 5.90. The van der Waals surface area contributed by atoms with Crippen LogP contribution in [0, 0.1) is 0 Å². The van der Waals surface area contributed by atoms with Crippen LogP contribution in [0.3, 0.4) is 0 Å². The van der Waals surface area contributed by atoms with Crippen molar-refractivity contribution < 1.29 is 4.52 Å². The van der Waals surface area contributed by atoms with Gasteiger partial charge >= 0.3 is 0 Å². The summed E-state index contributed by atoms with van der Waals surface area (Å²) in [6, 6.07) is 8.08. The highest BCUT2D eigenvalue weighted by Gasteiger charge is 2.11. The molecular formula is C14H17N5O. The fourth-order valence-corrected chi connectivity index (χ4v) is 2.08. The molecule has 104 valence electrons. The average Bonchev–Trinajstić information content (AvgIpc) is 3.03. The summed E-state index contributed by atoms with van der Waals surface area (Å²) < 4.78 is 7.06. The second kappa shape index (κ2) is 4.96. The zero-order valence-electron chi connectivity index (χ0n) is 11.8. The Morgan fingerprint density at radius 3 is 2.85 bits per heavy atom. The number of aromatic nitrogens is 4. The van der Waals surface area contributed by atoms with Gasteiger partial charge in [0, 0.05) is 18.4 Å². The van der Waals surface area contributed by atoms with Crippen molar-refractivity contribution in [1.82, 2.24) is 19.9 Å². The molecule has 0 saturated carbocycles. The standard InChI is InChI=1S/C14H17N5O/c1-9(2)13-16-12(20-18-13)8-15-14-10-6-4-5-7-11(10)19(3)17-14/h4-7,9H,8H2,1-3H3,(H,15,17). The van der Waals surface area contributed by atoms with Gasteiger partial charge in [-0.3, -0.25) is 4.68 Å². The molecule has 0 radical (unpaired) electrons. The second-order valence-electron chi connectivity index (χ2n) is 5.04. The largest absolute Gasteiger partial charge is 0.359 e. The molecule has 2 aromatic heterocycles. The lowest BCUT2D eigenvalue weighted by atomic mass is 10.2. The van der Waals surface area contributed by atoms with E-state index in [1.165, 1.54) is 0 Å². The van der Waals surface area contributed by atoms with Gasteiger partial charge in [0.1, 0.15) is 0 Å². The van der Waals surface area contributed by atoms with E-state index < -0.39 is 0 Å². The molecule has 6 nitrogen and oxygen atoms in total. The number of fused-ring (bicyclic) bond motifs is 1. The zero-order chi connectivity index (χ0) is 14.1. The topological polar surface area (TPSA) is 68.8 Å². The summed E-state index contributed by atoms with van der Waals surface area (Å²) >= 11 is 0. The van der Waals surface area contributed by atoms with Crippen molar-refractivity contribution in [1.29, 1.82) is 0 Å². The monoisotopic (exact) mass is 271 g/mol. The summed E-state index contributed by atoms with van der Waals surface area (Å²) in [6.45, 7) is 4.55. The van der Waals surface area contributed by atoms with E-state index in [1.54, 1.807) is 0 Å². The maximum Gasteiger partial charge on any atom is 0.245 e. The minimum absolute atomic E-state index is 0.267. The summed E-state index contributed by atoms with van der Waals surface area (Å²) in [6.07, 6.45) is 0. The molecular weight excluding hydrogens is 254 g/mol. The third-order valence-corrected chi connectivity index (χ3v) is 3.17. The van der Waals surface area contributed by atoms with Crippen LogP contribution < -0.4 is 5.32 Å². The van der Waals surface area contributed by atoms with E-state index in [-0.39, 0.29) is 5.92 Å². The fraction of sp³-hybridized carbons (Fsp3) is 0.357. The number of aryl methyl sites for hydroxylation is 1. The summed E-state index contributed by atoms with van der Waals surface area (Å²) in [5.74, 6) is 2.40. The van der Waals surface area contributed by atoms with Crippen molar-refractivity contribution in [3.63, 3.8) is 0 Å². The van der Waals surface area contributed by atoms with E-state index >= 15 is 0 Å². The maximum absolute atomic E-state index is 5.21. The number of nitrogens with zero attached hydrogens (tertiary/aromatic N) is 4. The fourth-order valence-electron chi connectivity index (χ4n) is 2.08. The first-order valence-corrected chi connectivity index (χ1v) is 6.63. The molecule has 0 aliphatic rings. The van der Waals surface area contributed by atoms with Crippen molar-refractivity contribution in [2.45, 2.75) is 26.3 Å². The van der Waals surface area contributed by atoms with Crippen molar-refractivity contribution in [3.05, 3.63) is 36.0 Å². The van der Waals surface area contributed by atoms with Crippen LogP contribution in [0.1, 0.15) is 31.5 Å². The molecule has 0 spiro atoms. The normalized spacial score (nSPS) is 11.4. The van der Waals surface area contributed by atoms with E-state index in [1.807, 2.05) is 49.8 Å². The van der Waals surface area contributed by atoms with Crippen LogP contribution in [0.25, 0.3) is 10.9 Å². The first-order chi connectivity index (χ1) is 9.65. The van der Waals surface area contributed by atoms with Crippen LogP contribution >= 0.6 is 0 Å². The molecule has 0 aliphatic heterocycles. The summed E-state index contributed by atoms with van der Waals surface area (Å²) in [4.78, 5) is 4.34. The van der Waals surface area contributed by atoms with Gasteiger partial charge in [0.05, 0.1) is 12.1 Å².